The van der Waals surface area contributed by atoms with Crippen molar-refractivity contribution in [3.63, 3.8) is 0 Å². The molecule has 0 amide bonds. The first-order chi connectivity index (χ1) is 8.22. The van der Waals surface area contributed by atoms with Crippen molar-refractivity contribution < 1.29 is 0 Å². The lowest BCUT2D eigenvalue weighted by Crippen LogP contribution is -2.26. The summed E-state index contributed by atoms with van der Waals surface area (Å²) in [6, 6.07) is 9.48. The van der Waals surface area contributed by atoms with Gasteiger partial charge in [-0.1, -0.05) is 39.3 Å². The van der Waals surface area contributed by atoms with Gasteiger partial charge in [-0.3, -0.25) is 0 Å². The average Bonchev–Trinajstić information content (AvgIpc) is 2.36. The second kappa shape index (κ2) is 7.78. The van der Waals surface area contributed by atoms with E-state index >= 15 is 0 Å². The number of hydrogen-bond acceptors (Lipinski definition) is 2. The van der Waals surface area contributed by atoms with Crippen LogP contribution < -0.4 is 5.32 Å². The SMILES string of the molecule is CCCC(C)C(NCC)c1ccc(SC)cc1. The topological polar surface area (TPSA) is 12.0 Å². The normalized spacial score (nSPS) is 14.6. The fraction of sp³-hybridized carbons (Fsp3) is 0.600. The Kier molecular flexibility index (Phi) is 6.68. The summed E-state index contributed by atoms with van der Waals surface area (Å²) < 4.78 is 0. The number of rotatable bonds is 7. The molecule has 0 heterocycles. The van der Waals surface area contributed by atoms with Gasteiger partial charge in [0.25, 0.3) is 0 Å². The molecular weight excluding hydrogens is 226 g/mol. The van der Waals surface area contributed by atoms with Gasteiger partial charge >= 0.3 is 0 Å². The van der Waals surface area contributed by atoms with Crippen LogP contribution in [0.4, 0.5) is 0 Å². The lowest BCUT2D eigenvalue weighted by atomic mass is 9.91. The summed E-state index contributed by atoms with van der Waals surface area (Å²) in [7, 11) is 0. The van der Waals surface area contributed by atoms with E-state index in [4.69, 9.17) is 0 Å². The fourth-order valence-corrected chi connectivity index (χ4v) is 2.71. The van der Waals surface area contributed by atoms with E-state index in [-0.39, 0.29) is 0 Å². The van der Waals surface area contributed by atoms with Crippen LogP contribution in [0.2, 0.25) is 0 Å². The van der Waals surface area contributed by atoms with Crippen LogP contribution in [0.1, 0.15) is 45.2 Å². The Hall–Kier alpha value is -0.470. The van der Waals surface area contributed by atoms with Crippen LogP contribution in [-0.2, 0) is 0 Å². The van der Waals surface area contributed by atoms with E-state index in [0.717, 1.165) is 6.54 Å². The zero-order chi connectivity index (χ0) is 12.7. The highest BCUT2D eigenvalue weighted by molar-refractivity contribution is 7.98. The summed E-state index contributed by atoms with van der Waals surface area (Å²) in [5.74, 6) is 0.695. The van der Waals surface area contributed by atoms with E-state index in [1.165, 1.54) is 23.3 Å². The molecule has 0 aliphatic carbocycles. The molecule has 1 aromatic rings. The highest BCUT2D eigenvalue weighted by Crippen LogP contribution is 2.27. The van der Waals surface area contributed by atoms with E-state index in [0.29, 0.717) is 12.0 Å². The van der Waals surface area contributed by atoms with Crippen LogP contribution in [0.15, 0.2) is 29.2 Å². The Balaban J connectivity index is 2.80. The lowest BCUT2D eigenvalue weighted by molar-refractivity contribution is 0.369. The van der Waals surface area contributed by atoms with Gasteiger partial charge in [-0.05, 0) is 42.8 Å². The third-order valence-corrected chi connectivity index (χ3v) is 3.96. The molecule has 2 unspecified atom stereocenters. The smallest absolute Gasteiger partial charge is 0.0345 e. The number of thioether (sulfide) groups is 1. The quantitative estimate of drug-likeness (QED) is 0.716. The Labute approximate surface area is 110 Å². The van der Waals surface area contributed by atoms with Gasteiger partial charge in [-0.25, -0.2) is 0 Å². The van der Waals surface area contributed by atoms with Gasteiger partial charge in [0.05, 0.1) is 0 Å². The molecule has 2 atom stereocenters. The average molecular weight is 251 g/mol. The molecule has 0 radical (unpaired) electrons. The molecule has 1 N–H and O–H groups in total. The van der Waals surface area contributed by atoms with Crippen molar-refractivity contribution in [2.24, 2.45) is 5.92 Å². The second-order valence-corrected chi connectivity index (χ2v) is 5.45. The van der Waals surface area contributed by atoms with Crippen molar-refractivity contribution >= 4 is 11.8 Å². The fourth-order valence-electron chi connectivity index (χ4n) is 2.30. The largest absolute Gasteiger partial charge is 0.310 e. The molecule has 0 spiro atoms. The molecule has 0 saturated carbocycles. The van der Waals surface area contributed by atoms with Gasteiger partial charge in [-0.15, -0.1) is 11.8 Å². The van der Waals surface area contributed by atoms with Crippen LogP contribution in [-0.4, -0.2) is 12.8 Å². The summed E-state index contributed by atoms with van der Waals surface area (Å²) in [6.45, 7) is 7.82. The van der Waals surface area contributed by atoms with E-state index in [1.807, 2.05) is 0 Å². The minimum absolute atomic E-state index is 0.496. The van der Waals surface area contributed by atoms with E-state index < -0.39 is 0 Å². The Morgan fingerprint density at radius 2 is 1.82 bits per heavy atom. The number of hydrogen-bond donors (Lipinski definition) is 1. The summed E-state index contributed by atoms with van der Waals surface area (Å²) in [4.78, 5) is 1.34. The molecule has 96 valence electrons. The number of benzene rings is 1. The molecule has 1 aromatic carbocycles. The lowest BCUT2D eigenvalue weighted by Gasteiger charge is -2.25. The van der Waals surface area contributed by atoms with Crippen molar-refractivity contribution in [2.45, 2.75) is 44.6 Å². The van der Waals surface area contributed by atoms with Crippen LogP contribution >= 0.6 is 11.8 Å². The van der Waals surface area contributed by atoms with Crippen molar-refractivity contribution in [3.05, 3.63) is 29.8 Å². The molecule has 0 aromatic heterocycles. The highest BCUT2D eigenvalue weighted by atomic mass is 32.2. The van der Waals surface area contributed by atoms with Crippen molar-refractivity contribution in [1.82, 2.24) is 5.32 Å². The Bertz CT molecular complexity index is 307. The molecular formula is C15H25NS. The van der Waals surface area contributed by atoms with Crippen LogP contribution in [0.5, 0.6) is 0 Å². The maximum Gasteiger partial charge on any atom is 0.0345 e. The monoisotopic (exact) mass is 251 g/mol. The zero-order valence-electron chi connectivity index (χ0n) is 11.5. The summed E-state index contributed by atoms with van der Waals surface area (Å²) in [6.07, 6.45) is 4.66. The maximum atomic E-state index is 3.61. The third kappa shape index (κ3) is 4.36. The molecule has 2 heteroatoms. The molecule has 17 heavy (non-hydrogen) atoms. The summed E-state index contributed by atoms with van der Waals surface area (Å²) in [5, 5.41) is 3.61. The van der Waals surface area contributed by atoms with Crippen molar-refractivity contribution in [2.75, 3.05) is 12.8 Å². The molecule has 0 aliphatic heterocycles. The zero-order valence-corrected chi connectivity index (χ0v) is 12.3. The maximum absolute atomic E-state index is 3.61. The Morgan fingerprint density at radius 3 is 2.29 bits per heavy atom. The molecule has 0 saturated heterocycles. The molecule has 0 aliphatic rings. The van der Waals surface area contributed by atoms with Gasteiger partial charge in [0.15, 0.2) is 0 Å². The molecule has 1 nitrogen and oxygen atoms in total. The first-order valence-electron chi connectivity index (χ1n) is 6.60. The van der Waals surface area contributed by atoms with E-state index in [1.54, 1.807) is 11.8 Å². The highest BCUT2D eigenvalue weighted by Gasteiger charge is 2.17. The van der Waals surface area contributed by atoms with Gasteiger partial charge in [0.1, 0.15) is 0 Å². The predicted molar refractivity (Wildman–Crippen MR) is 78.7 cm³/mol. The van der Waals surface area contributed by atoms with Crippen LogP contribution in [0.25, 0.3) is 0 Å². The van der Waals surface area contributed by atoms with Gasteiger partial charge in [0, 0.05) is 10.9 Å². The third-order valence-electron chi connectivity index (χ3n) is 3.21. The van der Waals surface area contributed by atoms with Crippen LogP contribution in [0.3, 0.4) is 0 Å². The van der Waals surface area contributed by atoms with Gasteiger partial charge in [-0.2, -0.15) is 0 Å². The summed E-state index contributed by atoms with van der Waals surface area (Å²) in [5.41, 5.74) is 1.42. The van der Waals surface area contributed by atoms with Crippen molar-refractivity contribution in [3.8, 4) is 0 Å². The number of nitrogens with one attached hydrogen (secondary N) is 1. The standard InChI is InChI=1S/C15H25NS/c1-5-7-12(3)15(16-6-2)13-8-10-14(17-4)11-9-13/h8-12,15-16H,5-7H2,1-4H3. The van der Waals surface area contributed by atoms with Crippen LogP contribution in [0, 0.1) is 5.92 Å². The first kappa shape index (κ1) is 14.6. The first-order valence-corrected chi connectivity index (χ1v) is 7.82. The molecule has 1 rings (SSSR count). The Morgan fingerprint density at radius 1 is 1.18 bits per heavy atom. The van der Waals surface area contributed by atoms with Gasteiger partial charge in [0.2, 0.25) is 0 Å². The minimum Gasteiger partial charge on any atom is -0.310 e. The minimum atomic E-state index is 0.496. The summed E-state index contributed by atoms with van der Waals surface area (Å²) >= 11 is 1.80. The second-order valence-electron chi connectivity index (χ2n) is 4.57. The van der Waals surface area contributed by atoms with Gasteiger partial charge < -0.3 is 5.32 Å². The van der Waals surface area contributed by atoms with E-state index in [9.17, 15) is 0 Å². The van der Waals surface area contributed by atoms with Crippen molar-refractivity contribution in [1.29, 1.82) is 0 Å². The molecule has 0 fully saturated rings. The van der Waals surface area contributed by atoms with E-state index in [2.05, 4.69) is 56.6 Å². The predicted octanol–water partition coefficient (Wildman–Crippen LogP) is 4.50. The molecule has 0 bridgehead atoms.